The van der Waals surface area contributed by atoms with E-state index in [1.54, 1.807) is 42.5 Å². The second-order valence-electron chi connectivity index (χ2n) is 6.28. The number of methoxy groups -OCH3 is 1. The van der Waals surface area contributed by atoms with Gasteiger partial charge in [-0.1, -0.05) is 52.3 Å². The highest BCUT2D eigenvalue weighted by Gasteiger charge is 2.09. The molecule has 0 unspecified atom stereocenters. The average Bonchev–Trinajstić information content (AvgIpc) is 2.79. The number of nitrogens with one attached hydrogen (secondary N) is 1. The molecule has 156 valence electrons. The van der Waals surface area contributed by atoms with Gasteiger partial charge in [0.15, 0.2) is 11.5 Å². The second-order valence-corrected chi connectivity index (χ2v) is 7.20. The van der Waals surface area contributed by atoms with Gasteiger partial charge in [0.1, 0.15) is 0 Å². The fourth-order valence-electron chi connectivity index (χ4n) is 2.58. The van der Waals surface area contributed by atoms with E-state index >= 15 is 0 Å². The van der Waals surface area contributed by atoms with E-state index in [0.717, 1.165) is 10.0 Å². The second kappa shape index (κ2) is 10.9. The molecule has 0 saturated carbocycles. The number of carbonyl (C=O) groups excluding carboxylic acids is 2. The zero-order valence-electron chi connectivity index (χ0n) is 16.6. The van der Waals surface area contributed by atoms with Crippen molar-refractivity contribution in [3.8, 4) is 11.5 Å². The fraction of sp³-hybridized carbons (Fsp3) is 0.0417. The number of benzene rings is 3. The van der Waals surface area contributed by atoms with Crippen molar-refractivity contribution in [3.05, 3.63) is 100 Å². The molecule has 1 N–H and O–H groups in total. The summed E-state index contributed by atoms with van der Waals surface area (Å²) in [6, 6.07) is 21.4. The predicted octanol–water partition coefficient (Wildman–Crippen LogP) is 4.84. The van der Waals surface area contributed by atoms with Crippen LogP contribution in [0.1, 0.15) is 21.5 Å². The van der Waals surface area contributed by atoms with Crippen molar-refractivity contribution in [3.63, 3.8) is 0 Å². The Hall–Kier alpha value is -3.71. The third kappa shape index (κ3) is 6.65. The van der Waals surface area contributed by atoms with Crippen LogP contribution >= 0.6 is 15.9 Å². The third-order valence-corrected chi connectivity index (χ3v) is 4.57. The molecular weight excluding hydrogens is 460 g/mol. The van der Waals surface area contributed by atoms with Crippen molar-refractivity contribution >= 4 is 40.1 Å². The molecule has 3 aromatic rings. The molecule has 0 aliphatic rings. The number of hydrazone groups is 1. The molecule has 3 aromatic carbocycles. The molecule has 0 atom stereocenters. The smallest absolute Gasteiger partial charge is 0.336 e. The topological polar surface area (TPSA) is 77.0 Å². The van der Waals surface area contributed by atoms with E-state index in [2.05, 4.69) is 26.5 Å². The van der Waals surface area contributed by atoms with Gasteiger partial charge < -0.3 is 9.47 Å². The van der Waals surface area contributed by atoms with Gasteiger partial charge in [0.25, 0.3) is 5.91 Å². The first kappa shape index (κ1) is 22.0. The third-order valence-electron chi connectivity index (χ3n) is 4.08. The number of rotatable bonds is 7. The average molecular weight is 479 g/mol. The summed E-state index contributed by atoms with van der Waals surface area (Å²) >= 11 is 3.32. The number of hydrogen-bond donors (Lipinski definition) is 1. The first-order chi connectivity index (χ1) is 15.0. The fourth-order valence-corrected chi connectivity index (χ4v) is 2.98. The number of esters is 1. The molecule has 0 saturated heterocycles. The maximum absolute atomic E-state index is 12.1. The van der Waals surface area contributed by atoms with E-state index in [0.29, 0.717) is 16.9 Å². The van der Waals surface area contributed by atoms with Gasteiger partial charge in [0.2, 0.25) is 0 Å². The van der Waals surface area contributed by atoms with Gasteiger partial charge in [-0.15, -0.1) is 0 Å². The van der Waals surface area contributed by atoms with E-state index in [1.165, 1.54) is 19.4 Å². The van der Waals surface area contributed by atoms with E-state index < -0.39 is 5.97 Å². The maximum atomic E-state index is 12.1. The highest BCUT2D eigenvalue weighted by Crippen LogP contribution is 2.27. The molecule has 6 nitrogen and oxygen atoms in total. The summed E-state index contributed by atoms with van der Waals surface area (Å²) in [5, 5.41) is 3.96. The molecule has 0 fully saturated rings. The molecule has 3 rings (SSSR count). The van der Waals surface area contributed by atoms with E-state index in [9.17, 15) is 9.59 Å². The molecule has 31 heavy (non-hydrogen) atoms. The minimum Gasteiger partial charge on any atom is -0.493 e. The van der Waals surface area contributed by atoms with E-state index in [-0.39, 0.29) is 11.7 Å². The Morgan fingerprint density at radius 3 is 2.48 bits per heavy atom. The summed E-state index contributed by atoms with van der Waals surface area (Å²) in [5.41, 5.74) is 4.50. The molecule has 7 heteroatoms. The van der Waals surface area contributed by atoms with Gasteiger partial charge in [-0.3, -0.25) is 4.79 Å². The SMILES string of the molecule is COc1cc(C=NNC(=O)c2cccc(Br)c2)ccc1OC(=O)C=Cc1ccccc1. The lowest BCUT2D eigenvalue weighted by molar-refractivity contribution is -0.129. The van der Waals surface area contributed by atoms with E-state index in [4.69, 9.17) is 9.47 Å². The van der Waals surface area contributed by atoms with Crippen LogP contribution in [0.4, 0.5) is 0 Å². The first-order valence-corrected chi connectivity index (χ1v) is 10.1. The van der Waals surface area contributed by atoms with Crippen molar-refractivity contribution < 1.29 is 19.1 Å². The largest absolute Gasteiger partial charge is 0.493 e. The molecule has 0 aliphatic heterocycles. The van der Waals surface area contributed by atoms with Crippen LogP contribution in [-0.2, 0) is 4.79 Å². The van der Waals surface area contributed by atoms with Gasteiger partial charge in [-0.05, 0) is 53.6 Å². The summed E-state index contributed by atoms with van der Waals surface area (Å²) in [6.45, 7) is 0. The van der Waals surface area contributed by atoms with Crippen molar-refractivity contribution in [2.24, 2.45) is 5.10 Å². The highest BCUT2D eigenvalue weighted by molar-refractivity contribution is 9.10. The quantitative estimate of drug-likeness (QED) is 0.173. The molecular formula is C24H19BrN2O4. The molecule has 0 aromatic heterocycles. The summed E-state index contributed by atoms with van der Waals surface area (Å²) in [6.07, 6.45) is 4.49. The van der Waals surface area contributed by atoms with Crippen molar-refractivity contribution in [2.45, 2.75) is 0 Å². The molecule has 0 heterocycles. The maximum Gasteiger partial charge on any atom is 0.336 e. The van der Waals surface area contributed by atoms with Gasteiger partial charge in [-0.25, -0.2) is 10.2 Å². The summed E-state index contributed by atoms with van der Waals surface area (Å²) in [4.78, 5) is 24.2. The number of hydrogen-bond acceptors (Lipinski definition) is 5. The Bertz CT molecular complexity index is 1130. The van der Waals surface area contributed by atoms with Gasteiger partial charge in [0, 0.05) is 16.1 Å². The minimum absolute atomic E-state index is 0.278. The summed E-state index contributed by atoms with van der Waals surface area (Å²) in [5.74, 6) is -0.214. The predicted molar refractivity (Wildman–Crippen MR) is 123 cm³/mol. The molecule has 0 bridgehead atoms. The molecule has 0 spiro atoms. The molecule has 1 amide bonds. The normalized spacial score (nSPS) is 10.9. The lowest BCUT2D eigenvalue weighted by Crippen LogP contribution is -2.17. The number of ether oxygens (including phenoxy) is 2. The van der Waals surface area contributed by atoms with Gasteiger partial charge in [0.05, 0.1) is 13.3 Å². The van der Waals surface area contributed by atoms with Crippen LogP contribution in [0.25, 0.3) is 6.08 Å². The lowest BCUT2D eigenvalue weighted by atomic mass is 10.2. The van der Waals surface area contributed by atoms with Crippen LogP contribution in [-0.4, -0.2) is 25.2 Å². The summed E-state index contributed by atoms with van der Waals surface area (Å²) < 4.78 is 11.5. The number of halogens is 1. The Labute approximate surface area is 188 Å². The van der Waals surface area contributed by atoms with Crippen molar-refractivity contribution in [2.75, 3.05) is 7.11 Å². The monoisotopic (exact) mass is 478 g/mol. The van der Waals surface area contributed by atoms with Crippen LogP contribution in [0.3, 0.4) is 0 Å². The minimum atomic E-state index is -0.523. The van der Waals surface area contributed by atoms with Crippen molar-refractivity contribution in [1.29, 1.82) is 0 Å². The van der Waals surface area contributed by atoms with Crippen LogP contribution in [0.5, 0.6) is 11.5 Å². The van der Waals surface area contributed by atoms with Crippen LogP contribution in [0, 0.1) is 0 Å². The number of nitrogens with zero attached hydrogens (tertiary/aromatic N) is 1. The van der Waals surface area contributed by atoms with Crippen molar-refractivity contribution in [1.82, 2.24) is 5.43 Å². The zero-order chi connectivity index (χ0) is 22.1. The summed E-state index contributed by atoms with van der Waals surface area (Å²) in [7, 11) is 1.47. The van der Waals surface area contributed by atoms with Crippen LogP contribution in [0.15, 0.2) is 88.4 Å². The first-order valence-electron chi connectivity index (χ1n) is 9.27. The Morgan fingerprint density at radius 2 is 1.74 bits per heavy atom. The Kier molecular flexibility index (Phi) is 7.73. The van der Waals surface area contributed by atoms with Gasteiger partial charge in [-0.2, -0.15) is 5.10 Å². The molecule has 0 aliphatic carbocycles. The van der Waals surface area contributed by atoms with Gasteiger partial charge >= 0.3 is 5.97 Å². The van der Waals surface area contributed by atoms with E-state index in [1.807, 2.05) is 36.4 Å². The Balaban J connectivity index is 1.62. The highest BCUT2D eigenvalue weighted by atomic mass is 79.9. The van der Waals surface area contributed by atoms with Crippen LogP contribution < -0.4 is 14.9 Å². The number of carbonyl (C=O) groups is 2. The Morgan fingerprint density at radius 1 is 0.935 bits per heavy atom. The standard InChI is InChI=1S/C24H19BrN2O4/c1-30-22-14-18(16-26-27-24(29)19-8-5-9-20(25)15-19)10-12-21(22)31-23(28)13-11-17-6-3-2-4-7-17/h2-16H,1H3,(H,27,29). The molecule has 0 radical (unpaired) electrons. The lowest BCUT2D eigenvalue weighted by Gasteiger charge is -2.08. The number of amides is 1. The van der Waals surface area contributed by atoms with Crippen LogP contribution in [0.2, 0.25) is 0 Å². The zero-order valence-corrected chi connectivity index (χ0v) is 18.2.